The van der Waals surface area contributed by atoms with E-state index in [4.69, 9.17) is 11.5 Å². The molecule has 0 unspecified atom stereocenters. The van der Waals surface area contributed by atoms with Crippen molar-refractivity contribution in [2.75, 3.05) is 32.6 Å². The van der Waals surface area contributed by atoms with Gasteiger partial charge in [0.25, 0.3) is 0 Å². The van der Waals surface area contributed by atoms with Crippen molar-refractivity contribution in [3.8, 4) is 0 Å². The number of amidine groups is 1. The highest BCUT2D eigenvalue weighted by Crippen LogP contribution is 2.17. The first kappa shape index (κ1) is 10.4. The van der Waals surface area contributed by atoms with Gasteiger partial charge in [-0.2, -0.15) is 0 Å². The zero-order chi connectivity index (χ0) is 10.7. The van der Waals surface area contributed by atoms with Crippen molar-refractivity contribution in [2.24, 2.45) is 4.99 Å². The van der Waals surface area contributed by atoms with Crippen LogP contribution in [0.15, 0.2) is 23.2 Å². The Hall–Kier alpha value is -1.71. The first-order valence-electron chi connectivity index (χ1n) is 4.35. The van der Waals surface area contributed by atoms with Gasteiger partial charge in [-0.15, -0.1) is 0 Å². The predicted octanol–water partition coefficient (Wildman–Crippen LogP) is 0.789. The molecule has 1 aromatic rings. The third-order valence-electron chi connectivity index (χ3n) is 1.95. The van der Waals surface area contributed by atoms with E-state index in [1.165, 1.54) is 0 Å². The molecule has 0 bridgehead atoms. The van der Waals surface area contributed by atoms with Gasteiger partial charge in [0.15, 0.2) is 0 Å². The summed E-state index contributed by atoms with van der Waals surface area (Å²) >= 11 is 0. The van der Waals surface area contributed by atoms with E-state index in [1.807, 2.05) is 25.1 Å². The molecule has 0 spiro atoms. The Kier molecular flexibility index (Phi) is 2.96. The second-order valence-corrected chi connectivity index (χ2v) is 3.29. The monoisotopic (exact) mass is 192 g/mol. The smallest absolute Gasteiger partial charge is 0.132 e. The Balaban J connectivity index is 3.23. The van der Waals surface area contributed by atoms with Crippen molar-refractivity contribution in [3.63, 3.8) is 0 Å². The van der Waals surface area contributed by atoms with Crippen molar-refractivity contribution in [1.82, 2.24) is 4.90 Å². The molecule has 0 fully saturated rings. The molecule has 0 heterocycles. The van der Waals surface area contributed by atoms with Gasteiger partial charge in [0, 0.05) is 38.1 Å². The molecule has 0 amide bonds. The second kappa shape index (κ2) is 4.00. The van der Waals surface area contributed by atoms with Gasteiger partial charge in [-0.1, -0.05) is 0 Å². The average Bonchev–Trinajstić information content (AvgIpc) is 2.11. The van der Waals surface area contributed by atoms with Crippen molar-refractivity contribution in [1.29, 1.82) is 0 Å². The molecule has 4 heteroatoms. The number of nitrogen functional groups attached to an aromatic ring is 2. The molecule has 76 valence electrons. The number of benzene rings is 1. The first-order chi connectivity index (χ1) is 6.56. The van der Waals surface area contributed by atoms with E-state index >= 15 is 0 Å². The molecule has 1 aromatic carbocycles. The highest BCUT2D eigenvalue weighted by Gasteiger charge is 2.08. The molecule has 0 aromatic heterocycles. The second-order valence-electron chi connectivity index (χ2n) is 3.29. The highest BCUT2D eigenvalue weighted by atomic mass is 15.1. The van der Waals surface area contributed by atoms with E-state index in [1.54, 1.807) is 19.2 Å². The Labute approximate surface area is 84.2 Å². The van der Waals surface area contributed by atoms with Crippen LogP contribution in [0.4, 0.5) is 11.4 Å². The van der Waals surface area contributed by atoms with Gasteiger partial charge in [0.05, 0.1) is 0 Å². The van der Waals surface area contributed by atoms with Crippen LogP contribution in [0.1, 0.15) is 5.56 Å². The number of anilines is 2. The summed E-state index contributed by atoms with van der Waals surface area (Å²) in [6.07, 6.45) is 0. The van der Waals surface area contributed by atoms with Crippen LogP contribution >= 0.6 is 0 Å². The predicted molar refractivity (Wildman–Crippen MR) is 61.4 cm³/mol. The number of nitrogens with zero attached hydrogens (tertiary/aromatic N) is 2. The van der Waals surface area contributed by atoms with Crippen LogP contribution in [0.2, 0.25) is 0 Å². The van der Waals surface area contributed by atoms with Crippen molar-refractivity contribution < 1.29 is 0 Å². The summed E-state index contributed by atoms with van der Waals surface area (Å²) in [5.41, 5.74) is 13.8. The Bertz CT molecular complexity index is 355. The zero-order valence-corrected chi connectivity index (χ0v) is 8.78. The molecular weight excluding hydrogens is 176 g/mol. The number of rotatable bonds is 1. The fourth-order valence-corrected chi connectivity index (χ4v) is 1.33. The van der Waals surface area contributed by atoms with E-state index in [0.29, 0.717) is 11.4 Å². The van der Waals surface area contributed by atoms with Gasteiger partial charge >= 0.3 is 0 Å². The molecule has 14 heavy (non-hydrogen) atoms. The fraction of sp³-hybridized carbons (Fsp3) is 0.300. The van der Waals surface area contributed by atoms with E-state index in [9.17, 15) is 0 Å². The largest absolute Gasteiger partial charge is 0.399 e. The summed E-state index contributed by atoms with van der Waals surface area (Å²) in [7, 11) is 5.58. The lowest BCUT2D eigenvalue weighted by Crippen LogP contribution is -2.24. The molecule has 0 aliphatic heterocycles. The molecule has 4 nitrogen and oxygen atoms in total. The summed E-state index contributed by atoms with van der Waals surface area (Å²) in [6.45, 7) is 0. The van der Waals surface area contributed by atoms with Gasteiger partial charge in [-0.3, -0.25) is 4.99 Å². The van der Waals surface area contributed by atoms with Crippen LogP contribution in [-0.4, -0.2) is 31.9 Å². The summed E-state index contributed by atoms with van der Waals surface area (Å²) in [5.74, 6) is 0.829. The van der Waals surface area contributed by atoms with Gasteiger partial charge in [-0.05, 0) is 18.2 Å². The van der Waals surface area contributed by atoms with E-state index in [-0.39, 0.29) is 0 Å². The quantitative estimate of drug-likeness (QED) is 0.392. The number of hydrogen-bond donors (Lipinski definition) is 2. The number of hydrogen-bond acceptors (Lipinski definition) is 3. The standard InChI is InChI=1S/C10H16N4/c1-13-10(14(2)3)8-6-7(11)4-5-9(8)12/h4-6H,11-12H2,1-3H3. The number of aliphatic imine (C=N–C) groups is 1. The maximum Gasteiger partial charge on any atom is 0.132 e. The lowest BCUT2D eigenvalue weighted by molar-refractivity contribution is 0.623. The molecule has 0 radical (unpaired) electrons. The fourth-order valence-electron chi connectivity index (χ4n) is 1.33. The minimum Gasteiger partial charge on any atom is -0.399 e. The minimum atomic E-state index is 0.688. The summed E-state index contributed by atoms with van der Waals surface area (Å²) in [4.78, 5) is 6.07. The maximum atomic E-state index is 5.84. The van der Waals surface area contributed by atoms with Gasteiger partial charge in [0.1, 0.15) is 5.84 Å². The van der Waals surface area contributed by atoms with E-state index in [0.717, 1.165) is 11.4 Å². The van der Waals surface area contributed by atoms with Crippen LogP contribution in [0.3, 0.4) is 0 Å². The van der Waals surface area contributed by atoms with Crippen LogP contribution in [-0.2, 0) is 0 Å². The third-order valence-corrected chi connectivity index (χ3v) is 1.95. The van der Waals surface area contributed by atoms with Crippen LogP contribution in [0.25, 0.3) is 0 Å². The maximum absolute atomic E-state index is 5.84. The summed E-state index contributed by atoms with van der Waals surface area (Å²) in [5, 5.41) is 0. The van der Waals surface area contributed by atoms with Gasteiger partial charge < -0.3 is 16.4 Å². The Morgan fingerprint density at radius 1 is 1.29 bits per heavy atom. The summed E-state index contributed by atoms with van der Waals surface area (Å²) in [6, 6.07) is 5.40. The first-order valence-corrected chi connectivity index (χ1v) is 4.35. The SMILES string of the molecule is CN=C(c1cc(N)ccc1N)N(C)C. The third kappa shape index (κ3) is 1.96. The lowest BCUT2D eigenvalue weighted by Gasteiger charge is -2.17. The molecular formula is C10H16N4. The summed E-state index contributed by atoms with van der Waals surface area (Å²) < 4.78 is 0. The topological polar surface area (TPSA) is 67.6 Å². The van der Waals surface area contributed by atoms with Crippen molar-refractivity contribution >= 4 is 17.2 Å². The molecule has 4 N–H and O–H groups in total. The molecule has 1 rings (SSSR count). The van der Waals surface area contributed by atoms with E-state index < -0.39 is 0 Å². The molecule has 0 aliphatic rings. The Morgan fingerprint density at radius 3 is 2.43 bits per heavy atom. The Morgan fingerprint density at radius 2 is 1.93 bits per heavy atom. The van der Waals surface area contributed by atoms with Crippen molar-refractivity contribution in [2.45, 2.75) is 0 Å². The molecule has 0 aliphatic carbocycles. The zero-order valence-electron chi connectivity index (χ0n) is 8.78. The van der Waals surface area contributed by atoms with E-state index in [2.05, 4.69) is 4.99 Å². The van der Waals surface area contributed by atoms with Gasteiger partial charge in [0.2, 0.25) is 0 Å². The van der Waals surface area contributed by atoms with Crippen LogP contribution < -0.4 is 11.5 Å². The highest BCUT2D eigenvalue weighted by molar-refractivity contribution is 6.03. The minimum absolute atomic E-state index is 0.688. The molecule has 0 saturated heterocycles. The average molecular weight is 192 g/mol. The number of nitrogens with two attached hydrogens (primary N) is 2. The van der Waals surface area contributed by atoms with Gasteiger partial charge in [-0.25, -0.2) is 0 Å². The van der Waals surface area contributed by atoms with Crippen LogP contribution in [0, 0.1) is 0 Å². The van der Waals surface area contributed by atoms with Crippen LogP contribution in [0.5, 0.6) is 0 Å². The molecule has 0 saturated carbocycles. The lowest BCUT2D eigenvalue weighted by atomic mass is 10.1. The van der Waals surface area contributed by atoms with Crippen molar-refractivity contribution in [3.05, 3.63) is 23.8 Å². The molecule has 0 atom stereocenters. The normalized spacial score (nSPS) is 11.5.